The summed E-state index contributed by atoms with van der Waals surface area (Å²) < 4.78 is 37.7. The van der Waals surface area contributed by atoms with Gasteiger partial charge in [0.15, 0.2) is 57.9 Å². The summed E-state index contributed by atoms with van der Waals surface area (Å²) >= 11 is 0. The average Bonchev–Trinajstić information content (AvgIpc) is 1.50. The van der Waals surface area contributed by atoms with E-state index in [0.717, 1.165) is 149 Å². The van der Waals surface area contributed by atoms with Crippen molar-refractivity contribution in [3.8, 4) is 125 Å². The first-order valence-electron chi connectivity index (χ1n) is 38.7. The van der Waals surface area contributed by atoms with E-state index >= 15 is 0 Å². The molecular formula is C103H60N8O5. The first-order valence-corrected chi connectivity index (χ1v) is 38.7. The van der Waals surface area contributed by atoms with Gasteiger partial charge in [-0.05, 0) is 113 Å². The Morgan fingerprint density at radius 1 is 0.207 bits per heavy atom. The van der Waals surface area contributed by atoms with E-state index in [-0.39, 0.29) is 0 Å². The molecule has 1 spiro atoms. The van der Waals surface area contributed by atoms with Gasteiger partial charge < -0.3 is 32.2 Å². The second kappa shape index (κ2) is 25.6. The maximum Gasteiger partial charge on any atom is 0.172 e. The van der Waals surface area contributed by atoms with Crippen molar-refractivity contribution in [3.63, 3.8) is 0 Å². The largest absolute Gasteiger partial charge is 0.457 e. The molecule has 2 aliphatic heterocycles. The average molecular weight is 1490 g/mol. The third kappa shape index (κ3) is 10.0. The van der Waals surface area contributed by atoms with Crippen molar-refractivity contribution in [1.29, 1.82) is 0 Å². The molecule has 25 rings (SSSR count). The molecule has 13 nitrogen and oxygen atoms in total. The normalized spacial score (nSPS) is 12.8. The number of furan rings is 2. The van der Waals surface area contributed by atoms with E-state index in [0.29, 0.717) is 57.9 Å². The van der Waals surface area contributed by atoms with Crippen LogP contribution < -0.4 is 14.2 Å². The third-order valence-corrected chi connectivity index (χ3v) is 23.0. The van der Waals surface area contributed by atoms with Crippen molar-refractivity contribution in [2.24, 2.45) is 0 Å². The maximum atomic E-state index is 6.99. The van der Waals surface area contributed by atoms with Crippen molar-refractivity contribution in [3.05, 3.63) is 386 Å². The molecule has 8 heterocycles. The Morgan fingerprint density at radius 2 is 0.560 bits per heavy atom. The molecule has 1 aliphatic carbocycles. The van der Waals surface area contributed by atoms with Gasteiger partial charge in [0.05, 0.1) is 38.6 Å². The summed E-state index contributed by atoms with van der Waals surface area (Å²) in [5, 5.41) is 8.49. The summed E-state index contributed by atoms with van der Waals surface area (Å²) in [5.41, 5.74) is 21.4. The molecule has 0 N–H and O–H groups in total. The highest BCUT2D eigenvalue weighted by Gasteiger charge is 2.51. The molecule has 13 heteroatoms. The van der Waals surface area contributed by atoms with E-state index in [2.05, 4.69) is 203 Å². The van der Waals surface area contributed by atoms with Crippen LogP contribution in [0.4, 0.5) is 0 Å². The number of aromatic nitrogens is 8. The van der Waals surface area contributed by atoms with Crippen molar-refractivity contribution in [2.45, 2.75) is 5.41 Å². The monoisotopic (exact) mass is 1490 g/mol. The van der Waals surface area contributed by atoms with Gasteiger partial charge in [0.2, 0.25) is 0 Å². The van der Waals surface area contributed by atoms with E-state index in [1.807, 2.05) is 170 Å². The molecule has 0 fully saturated rings. The predicted octanol–water partition coefficient (Wildman–Crippen LogP) is 26.1. The fraction of sp³-hybridized carbons (Fsp3) is 0.00971. The lowest BCUT2D eigenvalue weighted by molar-refractivity contribution is 0.360. The number of para-hydroxylation sites is 7. The van der Waals surface area contributed by atoms with Crippen molar-refractivity contribution >= 4 is 87.5 Å². The second-order valence-corrected chi connectivity index (χ2v) is 29.5. The van der Waals surface area contributed by atoms with Crippen LogP contribution in [0.2, 0.25) is 0 Å². The Kier molecular flexibility index (Phi) is 14.3. The van der Waals surface area contributed by atoms with Crippen LogP contribution in [0.25, 0.3) is 178 Å². The Balaban J connectivity index is 0.000000136. The molecule has 6 aromatic heterocycles. The van der Waals surface area contributed by atoms with Crippen LogP contribution in [0, 0.1) is 0 Å². The van der Waals surface area contributed by atoms with Crippen LogP contribution in [0.5, 0.6) is 34.5 Å². The van der Waals surface area contributed by atoms with E-state index in [1.54, 1.807) is 0 Å². The Labute approximate surface area is 662 Å². The Hall–Kier alpha value is -15.9. The number of hydrogen-bond acceptors (Lipinski definition) is 11. The topological polar surface area (TPSA) is 141 Å². The molecule has 0 unspecified atom stereocenters. The number of nitrogens with zero attached hydrogens (tertiary/aromatic N) is 8. The molecule has 0 saturated carbocycles. The van der Waals surface area contributed by atoms with Crippen molar-refractivity contribution in [1.82, 2.24) is 39.0 Å². The first-order chi connectivity index (χ1) is 57.5. The lowest BCUT2D eigenvalue weighted by Gasteiger charge is -2.39. The first kappa shape index (κ1) is 64.9. The Bertz CT molecular complexity index is 7670. The number of hydrogen-bond donors (Lipinski definition) is 0. The zero-order valence-corrected chi connectivity index (χ0v) is 61.8. The number of benzene rings is 16. The minimum Gasteiger partial charge on any atom is -0.457 e. The van der Waals surface area contributed by atoms with Crippen LogP contribution in [0.15, 0.2) is 373 Å². The molecule has 0 atom stereocenters. The number of ether oxygens (including phenoxy) is 3. The third-order valence-electron chi connectivity index (χ3n) is 23.0. The van der Waals surface area contributed by atoms with Gasteiger partial charge in [0.25, 0.3) is 0 Å². The van der Waals surface area contributed by atoms with Gasteiger partial charge in [-0.2, -0.15) is 0 Å². The van der Waals surface area contributed by atoms with Crippen LogP contribution in [0.3, 0.4) is 0 Å². The molecule has 0 amide bonds. The summed E-state index contributed by atoms with van der Waals surface area (Å²) in [5.74, 6) is 8.02. The highest BCUT2D eigenvalue weighted by Crippen LogP contribution is 2.63. The van der Waals surface area contributed by atoms with Crippen LogP contribution in [-0.2, 0) is 5.41 Å². The quantitative estimate of drug-likeness (QED) is 0.144. The summed E-state index contributed by atoms with van der Waals surface area (Å²) in [7, 11) is 0. The molecule has 3 aliphatic rings. The summed E-state index contributed by atoms with van der Waals surface area (Å²) in [6.07, 6.45) is 0. The van der Waals surface area contributed by atoms with Crippen LogP contribution in [0.1, 0.15) is 22.3 Å². The molecular weight excluding hydrogens is 1430 g/mol. The van der Waals surface area contributed by atoms with E-state index in [4.69, 9.17) is 52.9 Å². The fourth-order valence-corrected chi connectivity index (χ4v) is 17.9. The minimum absolute atomic E-state index is 0.550. The van der Waals surface area contributed by atoms with Gasteiger partial charge in [-0.15, -0.1) is 0 Å². The number of rotatable bonds is 8. The van der Waals surface area contributed by atoms with Crippen LogP contribution in [-0.4, -0.2) is 39.0 Å². The second-order valence-electron chi connectivity index (χ2n) is 29.5. The number of fused-ring (bicyclic) bond motifs is 23. The van der Waals surface area contributed by atoms with E-state index in [1.165, 1.54) is 27.6 Å². The summed E-state index contributed by atoms with van der Waals surface area (Å²) in [6.45, 7) is 0. The highest BCUT2D eigenvalue weighted by molar-refractivity contribution is 6.15. The zero-order chi connectivity index (χ0) is 76.1. The predicted molar refractivity (Wildman–Crippen MR) is 459 cm³/mol. The molecule has 16 aromatic carbocycles. The van der Waals surface area contributed by atoms with Gasteiger partial charge in [-0.1, -0.05) is 261 Å². The van der Waals surface area contributed by atoms with E-state index in [9.17, 15) is 0 Å². The van der Waals surface area contributed by atoms with E-state index < -0.39 is 5.41 Å². The maximum absolute atomic E-state index is 6.99. The molecule has 542 valence electrons. The van der Waals surface area contributed by atoms with Gasteiger partial charge in [0.1, 0.15) is 33.8 Å². The molecule has 0 radical (unpaired) electrons. The van der Waals surface area contributed by atoms with Crippen LogP contribution >= 0.6 is 0 Å². The van der Waals surface area contributed by atoms with Gasteiger partial charge in [0, 0.05) is 100.0 Å². The molecule has 0 bridgehead atoms. The fourth-order valence-electron chi connectivity index (χ4n) is 17.9. The van der Waals surface area contributed by atoms with Gasteiger partial charge in [-0.25, -0.2) is 29.9 Å². The summed E-state index contributed by atoms with van der Waals surface area (Å²) in [6, 6.07) is 125. The molecule has 0 saturated heterocycles. The van der Waals surface area contributed by atoms with Gasteiger partial charge in [-0.3, -0.25) is 0 Å². The minimum atomic E-state index is -0.552. The Morgan fingerprint density at radius 3 is 1.03 bits per heavy atom. The zero-order valence-electron chi connectivity index (χ0n) is 61.8. The highest BCUT2D eigenvalue weighted by atomic mass is 16.6. The summed E-state index contributed by atoms with van der Waals surface area (Å²) in [4.78, 5) is 29.9. The van der Waals surface area contributed by atoms with Gasteiger partial charge >= 0.3 is 0 Å². The lowest BCUT2D eigenvalue weighted by atomic mass is 9.66. The molecule has 22 aromatic rings. The smallest absolute Gasteiger partial charge is 0.172 e. The lowest BCUT2D eigenvalue weighted by Crippen LogP contribution is -2.32. The SMILES string of the molecule is c1ccc(-c2nc(-c3ccccc3)nc(-c3cccc4c3oc3ccc(-n5c6ccccc6c6cc7c(cc65)Oc5ccccc5C75c6ccccc6-c6ccccc65)cc34)n2)cc1.c1ccc(-c2nc(-c3ccccc3)nc(-c3cccc4c3oc3ccc(-n5c6ccccc6c6cc7c(cc65)Oc5ccccc5O7)cc34)n2)cc1. The standard InChI is InChI=1S/C58H34N4O2.C45H26N4O3/c1-3-16-35(17-4-1)55-59-56(36-18-5-2-6-19-36)61-57(60-55)42-24-15-23-41-44-32-37(30-31-51(44)64-54(41)42)62-49-28-13-9-22-40(49)43-33-48-53(34-50(43)62)63-52-29-14-12-27-47(52)58(48)45-25-10-7-20-38(45)39-21-8-11-26-46(39)58;1-3-12-27(13-4-1)43-46-44(28-14-5-2-6-15-28)48-45(47-43)32-18-11-17-31-34-24-29(22-23-37(34)52-42(31)32)49-35-19-8-7-16-30(35)33-25-40-41(26-36(33)49)51-39-21-10-9-20-38(39)50-40/h1-34H;1-26H. The molecule has 116 heavy (non-hydrogen) atoms. The van der Waals surface area contributed by atoms with Crippen molar-refractivity contribution < 1.29 is 23.0 Å². The van der Waals surface area contributed by atoms with Crippen molar-refractivity contribution in [2.75, 3.05) is 0 Å².